The summed E-state index contributed by atoms with van der Waals surface area (Å²) in [6.45, 7) is 2.94. The van der Waals surface area contributed by atoms with E-state index in [2.05, 4.69) is 101 Å². The smallest absolute Gasteiger partial charge is 0.338 e. The van der Waals surface area contributed by atoms with Crippen LogP contribution < -0.4 is 5.26 Å². The molecule has 4 bridgehead atoms. The summed E-state index contributed by atoms with van der Waals surface area (Å²) >= 11 is 0.640. The fourth-order valence-corrected chi connectivity index (χ4v) is 11.4. The summed E-state index contributed by atoms with van der Waals surface area (Å²) < 4.78 is 15.6. The first-order chi connectivity index (χ1) is 25.4. The highest BCUT2D eigenvalue weighted by Gasteiger charge is 2.41. The molecule has 4 aromatic rings. The van der Waals surface area contributed by atoms with Crippen LogP contribution in [-0.2, 0) is 29.7 Å². The van der Waals surface area contributed by atoms with Gasteiger partial charge in [0, 0.05) is 4.90 Å². The molecule has 4 aromatic carbocycles. The summed E-state index contributed by atoms with van der Waals surface area (Å²) in [7, 11) is -0.0229. The van der Waals surface area contributed by atoms with Crippen molar-refractivity contribution in [1.82, 2.24) is 0 Å². The molecule has 272 valence electrons. The van der Waals surface area contributed by atoms with Crippen LogP contribution in [0, 0.1) is 42.4 Å². The van der Waals surface area contributed by atoms with E-state index in [1.807, 2.05) is 0 Å². The highest BCUT2D eigenvalue weighted by atomic mass is 32.2. The van der Waals surface area contributed by atoms with Gasteiger partial charge in [-0.3, -0.25) is 5.04 Å². The van der Waals surface area contributed by atoms with Gasteiger partial charge in [-0.2, -0.15) is 4.33 Å². The van der Waals surface area contributed by atoms with Crippen LogP contribution in [0.1, 0.15) is 77.6 Å². The third kappa shape index (κ3) is 9.12. The highest BCUT2D eigenvalue weighted by Crippen LogP contribution is 2.49. The van der Waals surface area contributed by atoms with Gasteiger partial charge >= 0.3 is 11.9 Å². The Bertz CT molecular complexity index is 1680. The molecule has 4 fully saturated rings. The Morgan fingerprint density at radius 3 is 1.56 bits per heavy atom. The lowest BCUT2D eigenvalue weighted by Crippen LogP contribution is -2.20. The molecule has 0 spiro atoms. The second kappa shape index (κ2) is 17.5. The van der Waals surface area contributed by atoms with Crippen molar-refractivity contribution >= 4 is 34.9 Å². The second-order valence-corrected chi connectivity index (χ2v) is 17.6. The molecule has 0 saturated heterocycles. The third-order valence-corrected chi connectivity index (χ3v) is 14.2. The molecular formula is C43H46O7S2. The molecule has 0 aliphatic heterocycles. The zero-order valence-corrected chi connectivity index (χ0v) is 31.2. The van der Waals surface area contributed by atoms with E-state index in [4.69, 9.17) is 9.47 Å². The lowest BCUT2D eigenvalue weighted by molar-refractivity contribution is -0.777. The van der Waals surface area contributed by atoms with Crippen molar-refractivity contribution in [3.8, 4) is 0 Å². The number of aryl methyl sites for hydroxylation is 1. The maximum absolute atomic E-state index is 12.7. The second-order valence-electron chi connectivity index (χ2n) is 14.8. The van der Waals surface area contributed by atoms with Gasteiger partial charge in [-0.05, 0) is 136 Å². The van der Waals surface area contributed by atoms with Crippen LogP contribution in [0.3, 0.4) is 0 Å². The predicted octanol–water partition coefficient (Wildman–Crippen LogP) is 9.19. The number of fused-ring (bicyclic) bond motifs is 4. The summed E-state index contributed by atoms with van der Waals surface area (Å²) in [5.74, 6) is 2.77. The number of esters is 2. The number of benzene rings is 4. The average molecular weight is 739 g/mol. The van der Waals surface area contributed by atoms with E-state index >= 15 is 0 Å². The van der Waals surface area contributed by atoms with Crippen molar-refractivity contribution in [3.05, 3.63) is 120 Å². The van der Waals surface area contributed by atoms with Crippen LogP contribution in [0.4, 0.5) is 0 Å². The van der Waals surface area contributed by atoms with Gasteiger partial charge in [0.25, 0.3) is 0 Å². The molecule has 0 heterocycles. The minimum Gasteiger partial charge on any atom is -0.691 e. The normalized spacial score (nSPS) is 24.1. The Kier molecular flexibility index (Phi) is 12.4. The molecule has 4 aliphatic carbocycles. The van der Waals surface area contributed by atoms with Crippen molar-refractivity contribution in [3.63, 3.8) is 0 Å². The molecule has 52 heavy (non-hydrogen) atoms. The monoisotopic (exact) mass is 738 g/mol. The lowest BCUT2D eigenvalue weighted by atomic mass is 9.89. The first-order valence-corrected chi connectivity index (χ1v) is 20.4. The topological polar surface area (TPSA) is 94.1 Å². The maximum Gasteiger partial charge on any atom is 0.338 e. The van der Waals surface area contributed by atoms with Crippen molar-refractivity contribution in [2.24, 2.45) is 35.5 Å². The Morgan fingerprint density at radius 1 is 0.654 bits per heavy atom. The largest absolute Gasteiger partial charge is 0.691 e. The Hall–Kier alpha value is -3.60. The fraction of sp³-hybridized carbons (Fsp3) is 0.395. The Labute approximate surface area is 313 Å². The zero-order chi connectivity index (χ0) is 35.9. The van der Waals surface area contributed by atoms with Crippen LogP contribution in [0.5, 0.6) is 0 Å². The van der Waals surface area contributed by atoms with Gasteiger partial charge in [-0.15, -0.1) is 0 Å². The SMILES string of the molecule is Cc1ccc([S+](c2ccccc2)c2ccccc2)cc1.O=C(OCC1CC2CCC1C2)c1cc(SOO[O-])cc(C(=O)OCC2CC3CCC2C3)c1. The first-order valence-electron chi connectivity index (χ1n) is 18.5. The minimum atomic E-state index is -0.486. The van der Waals surface area contributed by atoms with E-state index in [1.54, 1.807) is 0 Å². The molecule has 0 radical (unpaired) electrons. The molecule has 9 heteroatoms. The number of hydrogen-bond donors (Lipinski definition) is 0. The van der Waals surface area contributed by atoms with Crippen molar-refractivity contribution < 1.29 is 33.7 Å². The number of carbonyl (C=O) groups is 2. The third-order valence-electron chi connectivity index (χ3n) is 11.4. The summed E-state index contributed by atoms with van der Waals surface area (Å²) in [5.41, 5.74) is 1.78. The van der Waals surface area contributed by atoms with Crippen molar-refractivity contribution in [2.75, 3.05) is 13.2 Å². The number of rotatable bonds is 12. The van der Waals surface area contributed by atoms with E-state index < -0.39 is 11.9 Å². The van der Waals surface area contributed by atoms with Crippen LogP contribution in [0.15, 0.2) is 123 Å². The molecule has 4 aliphatic rings. The highest BCUT2D eigenvalue weighted by molar-refractivity contribution is 7.97. The summed E-state index contributed by atoms with van der Waals surface area (Å²) in [5, 5.41) is 13.7. The molecule has 6 unspecified atom stereocenters. The van der Waals surface area contributed by atoms with E-state index in [9.17, 15) is 14.8 Å². The Balaban J connectivity index is 0.000000180. The summed E-state index contributed by atoms with van der Waals surface area (Å²) in [4.78, 5) is 30.0. The van der Waals surface area contributed by atoms with Gasteiger partial charge in [0.05, 0.1) is 47.3 Å². The first kappa shape index (κ1) is 36.7. The van der Waals surface area contributed by atoms with Gasteiger partial charge in [-0.25, -0.2) is 9.59 Å². The lowest BCUT2D eigenvalue weighted by Gasteiger charge is -2.21. The average Bonchev–Trinajstić information content (AvgIpc) is 4.01. The van der Waals surface area contributed by atoms with Gasteiger partial charge in [0.2, 0.25) is 0 Å². The van der Waals surface area contributed by atoms with Crippen LogP contribution >= 0.6 is 12.0 Å². The predicted molar refractivity (Wildman–Crippen MR) is 199 cm³/mol. The summed E-state index contributed by atoms with van der Waals surface area (Å²) in [6.07, 6.45) is 9.80. The maximum atomic E-state index is 12.7. The minimum absolute atomic E-state index is 0.0229. The van der Waals surface area contributed by atoms with E-state index in [1.165, 1.54) is 77.0 Å². The van der Waals surface area contributed by atoms with Gasteiger partial charge in [-0.1, -0.05) is 66.9 Å². The van der Waals surface area contributed by atoms with Crippen molar-refractivity contribution in [1.29, 1.82) is 0 Å². The molecule has 4 saturated carbocycles. The quantitative estimate of drug-likeness (QED) is 0.0467. The van der Waals surface area contributed by atoms with Crippen LogP contribution in [-0.4, -0.2) is 25.2 Å². The van der Waals surface area contributed by atoms with E-state index in [-0.39, 0.29) is 22.0 Å². The molecule has 0 N–H and O–H groups in total. The molecular weight excluding hydrogens is 693 g/mol. The molecule has 6 atom stereocenters. The van der Waals surface area contributed by atoms with Crippen LogP contribution in [0.2, 0.25) is 0 Å². The summed E-state index contributed by atoms with van der Waals surface area (Å²) in [6, 6.07) is 34.9. The van der Waals surface area contributed by atoms with Gasteiger partial charge in [0.15, 0.2) is 14.7 Å². The van der Waals surface area contributed by atoms with E-state index in [0.717, 1.165) is 24.7 Å². The van der Waals surface area contributed by atoms with E-state index in [0.29, 0.717) is 53.8 Å². The number of hydrogen-bond acceptors (Lipinski definition) is 8. The van der Waals surface area contributed by atoms with Crippen molar-refractivity contribution in [2.45, 2.75) is 77.9 Å². The fourth-order valence-electron chi connectivity index (χ4n) is 8.83. The molecule has 7 nitrogen and oxygen atoms in total. The molecule has 0 aromatic heterocycles. The number of ether oxygens (including phenoxy) is 2. The van der Waals surface area contributed by atoms with Gasteiger partial charge in [0.1, 0.15) is 0 Å². The van der Waals surface area contributed by atoms with Gasteiger partial charge < -0.3 is 14.7 Å². The number of carbonyl (C=O) groups excluding carboxylic acids is 2. The zero-order valence-electron chi connectivity index (χ0n) is 29.5. The standard InChI is InChI=1S/C24H30O7S.C19H17S/c25-23(28-12-20-7-14-1-3-16(20)5-14)18-9-19(11-22(10-18)32-31-30-27)24(26)29-13-21-8-15-2-4-17(21)6-15;1-16-12-14-19(15-13-16)20(17-8-4-2-5-9-17)18-10-6-3-7-11-18/h9-11,14-17,20-21,27H,1-8,12-13H2;2-15H,1H3/q;+1/p-1. The molecule has 0 amide bonds. The Morgan fingerprint density at radius 2 is 1.13 bits per heavy atom. The van der Waals surface area contributed by atoms with Crippen LogP contribution in [0.25, 0.3) is 0 Å². The molecule has 8 rings (SSSR count).